The Morgan fingerprint density at radius 1 is 1.18 bits per heavy atom. The molecule has 116 valence electrons. The van der Waals surface area contributed by atoms with Gasteiger partial charge in [0.2, 0.25) is 5.91 Å². The summed E-state index contributed by atoms with van der Waals surface area (Å²) >= 11 is 5.86. The summed E-state index contributed by atoms with van der Waals surface area (Å²) in [6.07, 6.45) is 2.55. The Hall–Kier alpha value is -2.07. The molecule has 2 N–H and O–H groups in total. The lowest BCUT2D eigenvalue weighted by Crippen LogP contribution is -2.17. The zero-order chi connectivity index (χ0) is 15.9. The number of benzene rings is 1. The van der Waals surface area contributed by atoms with Gasteiger partial charge in [-0.3, -0.25) is 4.79 Å². The SMILES string of the molecule is CC(C)C(=O)Nc1ccc(NCCc2ccc(Cl)cc2)nc1. The van der Waals surface area contributed by atoms with E-state index in [1.807, 2.05) is 50.2 Å². The third-order valence-electron chi connectivity index (χ3n) is 3.19. The Balaban J connectivity index is 1.81. The molecular formula is C17H20ClN3O. The van der Waals surface area contributed by atoms with Crippen molar-refractivity contribution in [1.82, 2.24) is 4.98 Å². The van der Waals surface area contributed by atoms with E-state index in [4.69, 9.17) is 11.6 Å². The lowest BCUT2D eigenvalue weighted by molar-refractivity contribution is -0.118. The maximum absolute atomic E-state index is 11.6. The molecule has 1 amide bonds. The number of amides is 1. The Kier molecular flexibility index (Phi) is 5.78. The van der Waals surface area contributed by atoms with Gasteiger partial charge in [0.15, 0.2) is 0 Å². The molecule has 0 saturated carbocycles. The molecule has 0 aliphatic rings. The van der Waals surface area contributed by atoms with Gasteiger partial charge in [0.05, 0.1) is 11.9 Å². The molecule has 1 aromatic heterocycles. The Bertz CT molecular complexity index is 609. The fraction of sp³-hybridized carbons (Fsp3) is 0.294. The van der Waals surface area contributed by atoms with E-state index in [1.165, 1.54) is 5.56 Å². The highest BCUT2D eigenvalue weighted by molar-refractivity contribution is 6.30. The molecule has 0 radical (unpaired) electrons. The predicted molar refractivity (Wildman–Crippen MR) is 91.4 cm³/mol. The van der Waals surface area contributed by atoms with Crippen LogP contribution in [0.2, 0.25) is 5.02 Å². The topological polar surface area (TPSA) is 54.0 Å². The van der Waals surface area contributed by atoms with E-state index >= 15 is 0 Å². The second kappa shape index (κ2) is 7.80. The van der Waals surface area contributed by atoms with Crippen LogP contribution < -0.4 is 10.6 Å². The molecule has 0 spiro atoms. The Morgan fingerprint density at radius 2 is 1.91 bits per heavy atom. The van der Waals surface area contributed by atoms with Gasteiger partial charge in [-0.2, -0.15) is 0 Å². The van der Waals surface area contributed by atoms with Gasteiger partial charge in [0, 0.05) is 17.5 Å². The van der Waals surface area contributed by atoms with Gasteiger partial charge in [0.25, 0.3) is 0 Å². The van der Waals surface area contributed by atoms with Crippen molar-refractivity contribution < 1.29 is 4.79 Å². The zero-order valence-electron chi connectivity index (χ0n) is 12.8. The van der Waals surface area contributed by atoms with E-state index in [9.17, 15) is 4.79 Å². The minimum atomic E-state index is -0.0443. The average Bonchev–Trinajstić information content (AvgIpc) is 2.51. The highest BCUT2D eigenvalue weighted by Gasteiger charge is 2.06. The third-order valence-corrected chi connectivity index (χ3v) is 3.44. The van der Waals surface area contributed by atoms with Gasteiger partial charge in [-0.25, -0.2) is 4.98 Å². The quantitative estimate of drug-likeness (QED) is 0.847. The number of hydrogen-bond donors (Lipinski definition) is 2. The van der Waals surface area contributed by atoms with Crippen LogP contribution in [0.5, 0.6) is 0 Å². The highest BCUT2D eigenvalue weighted by atomic mass is 35.5. The van der Waals surface area contributed by atoms with Crippen molar-refractivity contribution >= 4 is 29.0 Å². The number of carbonyl (C=O) groups is 1. The number of nitrogens with one attached hydrogen (secondary N) is 2. The van der Waals surface area contributed by atoms with Crippen molar-refractivity contribution in [2.75, 3.05) is 17.2 Å². The van der Waals surface area contributed by atoms with Crippen LogP contribution >= 0.6 is 11.6 Å². The number of aromatic nitrogens is 1. The van der Waals surface area contributed by atoms with Crippen molar-refractivity contribution in [1.29, 1.82) is 0 Å². The monoisotopic (exact) mass is 317 g/mol. The summed E-state index contributed by atoms with van der Waals surface area (Å²) in [4.78, 5) is 15.9. The van der Waals surface area contributed by atoms with Gasteiger partial charge in [-0.05, 0) is 36.2 Å². The normalized spacial score (nSPS) is 10.5. The van der Waals surface area contributed by atoms with E-state index in [1.54, 1.807) is 6.20 Å². The van der Waals surface area contributed by atoms with E-state index in [0.29, 0.717) is 5.69 Å². The van der Waals surface area contributed by atoms with Crippen LogP contribution in [0.4, 0.5) is 11.5 Å². The summed E-state index contributed by atoms with van der Waals surface area (Å²) in [7, 11) is 0. The minimum absolute atomic E-state index is 0.00903. The van der Waals surface area contributed by atoms with Crippen molar-refractivity contribution in [3.63, 3.8) is 0 Å². The second-order valence-corrected chi connectivity index (χ2v) is 5.82. The molecule has 5 heteroatoms. The number of nitrogens with zero attached hydrogens (tertiary/aromatic N) is 1. The number of pyridine rings is 1. The molecule has 0 aliphatic carbocycles. The first-order valence-electron chi connectivity index (χ1n) is 7.30. The van der Waals surface area contributed by atoms with E-state index in [2.05, 4.69) is 15.6 Å². The van der Waals surface area contributed by atoms with Gasteiger partial charge < -0.3 is 10.6 Å². The molecular weight excluding hydrogens is 298 g/mol. The lowest BCUT2D eigenvalue weighted by atomic mass is 10.1. The zero-order valence-corrected chi connectivity index (χ0v) is 13.5. The summed E-state index contributed by atoms with van der Waals surface area (Å²) in [5.41, 5.74) is 1.93. The summed E-state index contributed by atoms with van der Waals surface area (Å²) in [6.45, 7) is 4.50. The van der Waals surface area contributed by atoms with Gasteiger partial charge in [-0.15, -0.1) is 0 Å². The van der Waals surface area contributed by atoms with Crippen LogP contribution in [-0.2, 0) is 11.2 Å². The molecule has 4 nitrogen and oxygen atoms in total. The molecule has 1 heterocycles. The summed E-state index contributed by atoms with van der Waals surface area (Å²) < 4.78 is 0. The number of carbonyl (C=O) groups excluding carboxylic acids is 1. The van der Waals surface area contributed by atoms with Crippen LogP contribution in [0.25, 0.3) is 0 Å². The van der Waals surface area contributed by atoms with E-state index in [-0.39, 0.29) is 11.8 Å². The number of halogens is 1. The molecule has 0 saturated heterocycles. The van der Waals surface area contributed by atoms with E-state index < -0.39 is 0 Å². The van der Waals surface area contributed by atoms with Crippen LogP contribution in [0.15, 0.2) is 42.6 Å². The van der Waals surface area contributed by atoms with E-state index in [0.717, 1.165) is 23.8 Å². The van der Waals surface area contributed by atoms with Crippen LogP contribution in [0, 0.1) is 5.92 Å². The molecule has 1 aromatic carbocycles. The first-order chi connectivity index (χ1) is 10.5. The highest BCUT2D eigenvalue weighted by Crippen LogP contribution is 2.12. The molecule has 0 aliphatic heterocycles. The van der Waals surface area contributed by atoms with Crippen molar-refractivity contribution in [3.05, 3.63) is 53.2 Å². The van der Waals surface area contributed by atoms with Crippen LogP contribution in [-0.4, -0.2) is 17.4 Å². The molecule has 0 atom stereocenters. The van der Waals surface area contributed by atoms with Crippen molar-refractivity contribution in [2.45, 2.75) is 20.3 Å². The smallest absolute Gasteiger partial charge is 0.226 e. The number of rotatable bonds is 6. The van der Waals surface area contributed by atoms with Crippen molar-refractivity contribution in [3.8, 4) is 0 Å². The predicted octanol–water partition coefficient (Wildman–Crippen LogP) is 3.98. The minimum Gasteiger partial charge on any atom is -0.370 e. The average molecular weight is 318 g/mol. The number of hydrogen-bond acceptors (Lipinski definition) is 3. The fourth-order valence-electron chi connectivity index (χ4n) is 1.84. The number of anilines is 2. The Morgan fingerprint density at radius 3 is 2.50 bits per heavy atom. The third kappa shape index (κ3) is 5.04. The standard InChI is InChI=1S/C17H20ClN3O/c1-12(2)17(22)21-15-7-8-16(20-11-15)19-10-9-13-3-5-14(18)6-4-13/h3-8,11-12H,9-10H2,1-2H3,(H,19,20)(H,21,22). The molecule has 0 bridgehead atoms. The van der Waals surface area contributed by atoms with Gasteiger partial charge in [-0.1, -0.05) is 37.6 Å². The largest absolute Gasteiger partial charge is 0.370 e. The van der Waals surface area contributed by atoms with Crippen LogP contribution in [0.3, 0.4) is 0 Å². The molecule has 0 unspecified atom stereocenters. The fourth-order valence-corrected chi connectivity index (χ4v) is 1.97. The molecule has 0 fully saturated rings. The molecule has 22 heavy (non-hydrogen) atoms. The van der Waals surface area contributed by atoms with Crippen molar-refractivity contribution in [2.24, 2.45) is 5.92 Å². The van der Waals surface area contributed by atoms with Gasteiger partial charge >= 0.3 is 0 Å². The molecule has 2 aromatic rings. The maximum Gasteiger partial charge on any atom is 0.226 e. The van der Waals surface area contributed by atoms with Crippen LogP contribution in [0.1, 0.15) is 19.4 Å². The van der Waals surface area contributed by atoms with Gasteiger partial charge in [0.1, 0.15) is 5.82 Å². The summed E-state index contributed by atoms with van der Waals surface area (Å²) in [5, 5.41) is 6.82. The lowest BCUT2D eigenvalue weighted by Gasteiger charge is -2.09. The summed E-state index contributed by atoms with van der Waals surface area (Å²) in [6, 6.07) is 11.5. The Labute approximate surface area is 135 Å². The maximum atomic E-state index is 11.6. The first kappa shape index (κ1) is 16.3. The second-order valence-electron chi connectivity index (χ2n) is 5.38. The first-order valence-corrected chi connectivity index (χ1v) is 7.67. The summed E-state index contributed by atoms with van der Waals surface area (Å²) in [5.74, 6) is 0.735. The molecule has 2 rings (SSSR count).